The van der Waals surface area contributed by atoms with Crippen LogP contribution >= 0.6 is 11.8 Å². The Hall–Kier alpha value is -2.88. The molecule has 1 aromatic carbocycles. The van der Waals surface area contributed by atoms with Gasteiger partial charge in [0.1, 0.15) is 11.6 Å². The molecule has 8 nitrogen and oxygen atoms in total. The molecular weight excluding hydrogens is 462 g/mol. The van der Waals surface area contributed by atoms with Crippen LogP contribution in [0, 0.1) is 5.92 Å². The maximum absolute atomic E-state index is 12.7. The van der Waals surface area contributed by atoms with Gasteiger partial charge in [-0.25, -0.2) is 4.98 Å². The van der Waals surface area contributed by atoms with E-state index in [0.29, 0.717) is 36.6 Å². The summed E-state index contributed by atoms with van der Waals surface area (Å²) in [6.07, 6.45) is 4.11. The number of aromatic nitrogens is 2. The van der Waals surface area contributed by atoms with Crippen LogP contribution in [0.5, 0.6) is 5.75 Å². The van der Waals surface area contributed by atoms with E-state index in [1.165, 1.54) is 11.8 Å². The molecule has 1 fully saturated rings. The number of fused-ring (bicyclic) bond motifs is 2. The van der Waals surface area contributed by atoms with Crippen molar-refractivity contribution in [3.63, 3.8) is 0 Å². The summed E-state index contributed by atoms with van der Waals surface area (Å²) < 4.78 is 7.14. The summed E-state index contributed by atoms with van der Waals surface area (Å²) in [7, 11) is 1.63. The van der Waals surface area contributed by atoms with E-state index in [0.717, 1.165) is 52.9 Å². The summed E-state index contributed by atoms with van der Waals surface area (Å²) in [4.78, 5) is 29.9. The first-order valence-corrected chi connectivity index (χ1v) is 13.1. The Balaban J connectivity index is 1.17. The molecule has 3 heterocycles. The fourth-order valence-corrected chi connectivity index (χ4v) is 5.80. The standard InChI is InChI=1S/C26H31N5O3S/c1-34-20-9-4-17-5-11-25(33)31(22(17)12-20)14-21(27)16-2-6-18(7-3-16)28-13-19-8-10-23-26(29-19)30-24(32)15-35-23/h4-5,8-12,16,18,21,28H,2-3,6-7,13-15,27H2,1H3,(H,29,30,32)/t16-,18-,21?. The molecule has 1 aliphatic carbocycles. The molecule has 9 heteroatoms. The second-order valence-electron chi connectivity index (χ2n) is 9.35. The van der Waals surface area contributed by atoms with Crippen molar-refractivity contribution in [2.24, 2.45) is 11.7 Å². The number of hydrogen-bond donors (Lipinski definition) is 3. The van der Waals surface area contributed by atoms with Crippen molar-refractivity contribution in [2.75, 3.05) is 18.2 Å². The molecule has 2 aromatic heterocycles. The number of nitrogens with two attached hydrogens (primary N) is 1. The Labute approximate surface area is 208 Å². The van der Waals surface area contributed by atoms with Crippen LogP contribution in [0.15, 0.2) is 52.2 Å². The molecule has 1 aliphatic heterocycles. The molecule has 5 rings (SSSR count). The lowest BCUT2D eigenvalue weighted by atomic mass is 9.81. The van der Waals surface area contributed by atoms with Gasteiger partial charge in [-0.2, -0.15) is 0 Å². The lowest BCUT2D eigenvalue weighted by Gasteiger charge is -2.33. The van der Waals surface area contributed by atoms with Gasteiger partial charge < -0.3 is 25.7 Å². The molecular formula is C26H31N5O3S. The van der Waals surface area contributed by atoms with Crippen LogP contribution in [0.4, 0.5) is 5.82 Å². The first kappa shape index (κ1) is 23.8. The predicted molar refractivity (Wildman–Crippen MR) is 139 cm³/mol. The lowest BCUT2D eigenvalue weighted by molar-refractivity contribution is -0.113. The van der Waals surface area contributed by atoms with E-state index in [2.05, 4.69) is 15.6 Å². The summed E-state index contributed by atoms with van der Waals surface area (Å²) in [6, 6.07) is 13.6. The van der Waals surface area contributed by atoms with Gasteiger partial charge in [0.2, 0.25) is 5.91 Å². The molecule has 1 saturated carbocycles. The van der Waals surface area contributed by atoms with E-state index in [1.807, 2.05) is 36.4 Å². The Morgan fingerprint density at radius 3 is 2.77 bits per heavy atom. The van der Waals surface area contributed by atoms with E-state index in [-0.39, 0.29) is 17.5 Å². The third kappa shape index (κ3) is 5.37. The van der Waals surface area contributed by atoms with Gasteiger partial charge in [0.25, 0.3) is 5.56 Å². The Kier molecular flexibility index (Phi) is 7.08. The highest BCUT2D eigenvalue weighted by molar-refractivity contribution is 8.00. The average Bonchev–Trinajstić information content (AvgIpc) is 2.88. The molecule has 0 spiro atoms. The summed E-state index contributed by atoms with van der Waals surface area (Å²) in [6.45, 7) is 1.16. The third-order valence-electron chi connectivity index (χ3n) is 7.07. The molecule has 3 aromatic rings. The quantitative estimate of drug-likeness (QED) is 0.464. The maximum atomic E-state index is 12.7. The van der Waals surface area contributed by atoms with E-state index >= 15 is 0 Å². The number of rotatable bonds is 7. The fraction of sp³-hybridized carbons (Fsp3) is 0.423. The van der Waals surface area contributed by atoms with Gasteiger partial charge in [0.05, 0.1) is 29.0 Å². The molecule has 35 heavy (non-hydrogen) atoms. The molecule has 1 atom stereocenters. The van der Waals surface area contributed by atoms with Crippen molar-refractivity contribution < 1.29 is 9.53 Å². The molecule has 2 aliphatic rings. The van der Waals surface area contributed by atoms with Crippen molar-refractivity contribution in [1.29, 1.82) is 0 Å². The fourth-order valence-electron chi connectivity index (χ4n) is 5.05. The molecule has 0 saturated heterocycles. The predicted octanol–water partition coefficient (Wildman–Crippen LogP) is 3.13. The van der Waals surface area contributed by atoms with Gasteiger partial charge in [-0.05, 0) is 67.3 Å². The monoisotopic (exact) mass is 493 g/mol. The minimum absolute atomic E-state index is 0.000305. The SMILES string of the molecule is COc1ccc2ccc(=O)n(CC(N)[C@H]3CC[C@H](NCc4ccc5c(n4)NC(=O)CS5)CC3)c2c1. The minimum atomic E-state index is -0.0890. The van der Waals surface area contributed by atoms with Crippen LogP contribution in [0.25, 0.3) is 10.9 Å². The normalized spacial score (nSPS) is 20.8. The highest BCUT2D eigenvalue weighted by atomic mass is 32.2. The summed E-state index contributed by atoms with van der Waals surface area (Å²) in [5, 5.41) is 7.47. The molecule has 1 unspecified atom stereocenters. The highest BCUT2D eigenvalue weighted by Crippen LogP contribution is 2.30. The van der Waals surface area contributed by atoms with Crippen LogP contribution in [0.1, 0.15) is 31.4 Å². The summed E-state index contributed by atoms with van der Waals surface area (Å²) in [5.41, 5.74) is 8.38. The molecule has 0 bridgehead atoms. The zero-order valence-corrected chi connectivity index (χ0v) is 20.6. The Morgan fingerprint density at radius 2 is 1.97 bits per heavy atom. The van der Waals surface area contributed by atoms with Crippen molar-refractivity contribution in [1.82, 2.24) is 14.9 Å². The van der Waals surface area contributed by atoms with E-state index in [4.69, 9.17) is 10.5 Å². The number of ether oxygens (including phenoxy) is 1. The van der Waals surface area contributed by atoms with Crippen molar-refractivity contribution in [3.05, 3.63) is 58.5 Å². The number of anilines is 1. The smallest absolute Gasteiger partial charge is 0.251 e. The molecule has 4 N–H and O–H groups in total. The van der Waals surface area contributed by atoms with Gasteiger partial charge in [-0.1, -0.05) is 0 Å². The topological polar surface area (TPSA) is 111 Å². The zero-order valence-electron chi connectivity index (χ0n) is 19.8. The molecule has 0 radical (unpaired) electrons. The van der Waals surface area contributed by atoms with Crippen LogP contribution in [-0.2, 0) is 17.9 Å². The molecule has 184 valence electrons. The first-order valence-electron chi connectivity index (χ1n) is 12.1. The van der Waals surface area contributed by atoms with Gasteiger partial charge in [-0.3, -0.25) is 9.59 Å². The van der Waals surface area contributed by atoms with Gasteiger partial charge in [-0.15, -0.1) is 11.8 Å². The van der Waals surface area contributed by atoms with Crippen LogP contribution in [-0.4, -0.2) is 40.4 Å². The number of nitrogens with zero attached hydrogens (tertiary/aromatic N) is 2. The Morgan fingerprint density at radius 1 is 1.17 bits per heavy atom. The molecule has 1 amide bonds. The second-order valence-corrected chi connectivity index (χ2v) is 10.4. The van der Waals surface area contributed by atoms with Gasteiger partial charge in [0, 0.05) is 37.3 Å². The second kappa shape index (κ2) is 10.4. The summed E-state index contributed by atoms with van der Waals surface area (Å²) >= 11 is 1.52. The number of carbonyl (C=O) groups is 1. The number of amides is 1. The maximum Gasteiger partial charge on any atom is 0.251 e. The largest absolute Gasteiger partial charge is 0.497 e. The lowest BCUT2D eigenvalue weighted by Crippen LogP contribution is -2.42. The number of thioether (sulfide) groups is 1. The number of methoxy groups -OCH3 is 1. The first-order chi connectivity index (χ1) is 17.0. The summed E-state index contributed by atoms with van der Waals surface area (Å²) in [5.74, 6) is 2.21. The number of nitrogens with one attached hydrogen (secondary N) is 2. The number of benzene rings is 1. The minimum Gasteiger partial charge on any atom is -0.497 e. The van der Waals surface area contributed by atoms with E-state index in [1.54, 1.807) is 17.7 Å². The average molecular weight is 494 g/mol. The number of pyridine rings is 2. The van der Waals surface area contributed by atoms with E-state index in [9.17, 15) is 9.59 Å². The van der Waals surface area contributed by atoms with Crippen molar-refractivity contribution >= 4 is 34.4 Å². The van der Waals surface area contributed by atoms with Gasteiger partial charge in [0.15, 0.2) is 0 Å². The van der Waals surface area contributed by atoms with Crippen LogP contribution in [0.3, 0.4) is 0 Å². The van der Waals surface area contributed by atoms with Crippen molar-refractivity contribution in [2.45, 2.75) is 55.8 Å². The zero-order chi connectivity index (χ0) is 24.4. The Bertz CT molecular complexity index is 1290. The number of hydrogen-bond acceptors (Lipinski definition) is 7. The van der Waals surface area contributed by atoms with Crippen LogP contribution in [0.2, 0.25) is 0 Å². The van der Waals surface area contributed by atoms with Crippen LogP contribution < -0.4 is 26.7 Å². The van der Waals surface area contributed by atoms with Crippen molar-refractivity contribution in [3.8, 4) is 5.75 Å². The highest BCUT2D eigenvalue weighted by Gasteiger charge is 2.26. The van der Waals surface area contributed by atoms with E-state index < -0.39 is 0 Å². The number of carbonyl (C=O) groups excluding carboxylic acids is 1. The third-order valence-corrected chi connectivity index (χ3v) is 8.12. The van der Waals surface area contributed by atoms with Gasteiger partial charge >= 0.3 is 0 Å².